The van der Waals surface area contributed by atoms with Crippen molar-refractivity contribution >= 4 is 44.6 Å². The van der Waals surface area contributed by atoms with Crippen LogP contribution in [0.2, 0.25) is 0 Å². The predicted octanol–water partition coefficient (Wildman–Crippen LogP) is -0.218. The largest absolute Gasteiger partial charge is 0.369 e. The molecule has 20 heavy (non-hydrogen) atoms. The number of hydrogen-bond donors (Lipinski definition) is 3. The number of ketones is 1. The van der Waals surface area contributed by atoms with Crippen LogP contribution in [0, 0.1) is 11.8 Å². The summed E-state index contributed by atoms with van der Waals surface area (Å²) in [6.45, 7) is 5.24. The fourth-order valence-electron chi connectivity index (χ4n) is 1.77. The quantitative estimate of drug-likeness (QED) is 0.572. The summed E-state index contributed by atoms with van der Waals surface area (Å²) in [5.74, 6) is -1.29. The maximum atomic E-state index is 11.9. The summed E-state index contributed by atoms with van der Waals surface area (Å²) in [7, 11) is 0. The molecule has 0 unspecified atom stereocenters. The number of carbonyl (C=O) groups excluding carboxylic acids is 3. The molecule has 0 aliphatic rings. The van der Waals surface area contributed by atoms with Gasteiger partial charge in [0.05, 0.1) is 6.04 Å². The molecule has 0 heterocycles. The molecule has 0 aliphatic carbocycles. The molecule has 2 atom stereocenters. The normalized spacial score (nSPS) is 12.7. The number of hydrogen-bond acceptors (Lipinski definition) is 4. The van der Waals surface area contributed by atoms with Crippen molar-refractivity contribution in [2.75, 3.05) is 6.54 Å². The van der Waals surface area contributed by atoms with Gasteiger partial charge in [-0.1, -0.05) is 13.8 Å². The molecule has 120 valence electrons. The highest BCUT2D eigenvalue weighted by Crippen LogP contribution is 2.16. The maximum Gasteiger partial charge on any atom is 0.220 e. The zero-order valence-corrected chi connectivity index (χ0v) is 14.2. The van der Waals surface area contributed by atoms with Gasteiger partial charge in [-0.3, -0.25) is 14.4 Å². The van der Waals surface area contributed by atoms with Crippen LogP contribution in [0.25, 0.3) is 0 Å². The van der Waals surface area contributed by atoms with Crippen molar-refractivity contribution in [1.29, 1.82) is 0 Å². The van der Waals surface area contributed by atoms with Gasteiger partial charge in [0.2, 0.25) is 11.8 Å². The summed E-state index contributed by atoms with van der Waals surface area (Å²) in [4.78, 5) is 34.1. The van der Waals surface area contributed by atoms with Crippen molar-refractivity contribution in [2.45, 2.75) is 39.7 Å². The van der Waals surface area contributed by atoms with Crippen LogP contribution in [0.1, 0.15) is 33.6 Å². The molecule has 8 heteroatoms. The lowest BCUT2D eigenvalue weighted by atomic mass is 9.90. The Bertz CT molecular complexity index is 325. The summed E-state index contributed by atoms with van der Waals surface area (Å²) in [6.07, 6.45) is 0.577. The van der Waals surface area contributed by atoms with Crippen LogP contribution in [0.15, 0.2) is 0 Å². The van der Waals surface area contributed by atoms with Crippen molar-refractivity contribution in [2.24, 2.45) is 23.3 Å². The van der Waals surface area contributed by atoms with E-state index in [4.69, 9.17) is 11.5 Å². The number of amides is 2. The molecule has 0 saturated carbocycles. The zero-order valence-electron chi connectivity index (χ0n) is 12.2. The first-order valence-electron chi connectivity index (χ1n) is 6.07. The van der Waals surface area contributed by atoms with Crippen LogP contribution in [-0.4, -0.2) is 30.2 Å². The van der Waals surface area contributed by atoms with Gasteiger partial charge in [0.15, 0.2) is 5.78 Å². The summed E-state index contributed by atoms with van der Waals surface area (Å²) in [5.41, 5.74) is 10.7. The van der Waals surface area contributed by atoms with E-state index in [1.165, 1.54) is 6.92 Å². The van der Waals surface area contributed by atoms with Crippen LogP contribution in [0.3, 0.4) is 0 Å². The first-order chi connectivity index (χ1) is 8.27. The highest BCUT2D eigenvalue weighted by molar-refractivity contribution is 7.59. The second-order valence-corrected chi connectivity index (χ2v) is 4.89. The highest BCUT2D eigenvalue weighted by atomic mass is 32.1. The standard InChI is InChI=1S/C12H23N3O3.2H2S/c1-7(2)4-9(12(14)18)5-11(17)10(6-13)15-8(3)16;;/h7,9-10H,4-6,13H2,1-3H3,(H2,14,18)(H,15,16);2*1H2/t9-,10+;;/m1../s1. The summed E-state index contributed by atoms with van der Waals surface area (Å²) < 4.78 is 0. The predicted molar refractivity (Wildman–Crippen MR) is 89.2 cm³/mol. The number of Topliss-reactive ketones (excluding diaryl/α,β-unsaturated/α-hetero) is 1. The molecule has 0 aromatic rings. The minimum Gasteiger partial charge on any atom is -0.369 e. The van der Waals surface area contributed by atoms with Gasteiger partial charge in [0, 0.05) is 25.8 Å². The Hall–Kier alpha value is -0.730. The third-order valence-corrected chi connectivity index (χ3v) is 2.61. The minimum absolute atomic E-state index is 0. The lowest BCUT2D eigenvalue weighted by Gasteiger charge is -2.19. The first kappa shape index (κ1) is 24.3. The Balaban J connectivity index is -0.00000144. The van der Waals surface area contributed by atoms with Gasteiger partial charge in [-0.15, -0.1) is 0 Å². The Kier molecular flexibility index (Phi) is 14.6. The van der Waals surface area contributed by atoms with Gasteiger partial charge < -0.3 is 16.8 Å². The van der Waals surface area contributed by atoms with Gasteiger partial charge in [0.25, 0.3) is 0 Å². The first-order valence-corrected chi connectivity index (χ1v) is 6.07. The van der Waals surface area contributed by atoms with Gasteiger partial charge in [0.1, 0.15) is 0 Å². The Morgan fingerprint density at radius 3 is 1.95 bits per heavy atom. The second-order valence-electron chi connectivity index (χ2n) is 4.89. The van der Waals surface area contributed by atoms with E-state index in [2.05, 4.69) is 5.32 Å². The average Bonchev–Trinajstić information content (AvgIpc) is 2.23. The van der Waals surface area contributed by atoms with Crippen molar-refractivity contribution in [3.8, 4) is 0 Å². The molecule has 0 fully saturated rings. The Labute approximate surface area is 134 Å². The molecule has 0 spiro atoms. The molecule has 0 aliphatic heterocycles. The molecule has 0 rings (SSSR count). The van der Waals surface area contributed by atoms with Crippen LogP contribution in [0.4, 0.5) is 0 Å². The average molecular weight is 326 g/mol. The Morgan fingerprint density at radius 2 is 1.65 bits per heavy atom. The van der Waals surface area contributed by atoms with Crippen LogP contribution < -0.4 is 16.8 Å². The van der Waals surface area contributed by atoms with Crippen molar-refractivity contribution in [1.82, 2.24) is 5.32 Å². The van der Waals surface area contributed by atoms with Gasteiger partial charge in [-0.25, -0.2) is 0 Å². The molecule has 0 bridgehead atoms. The smallest absolute Gasteiger partial charge is 0.220 e. The molecule has 6 nitrogen and oxygen atoms in total. The number of primary amides is 1. The fraction of sp³-hybridized carbons (Fsp3) is 0.750. The van der Waals surface area contributed by atoms with E-state index in [1.807, 2.05) is 13.8 Å². The summed E-state index contributed by atoms with van der Waals surface area (Å²) in [6, 6.07) is -0.739. The Morgan fingerprint density at radius 1 is 1.15 bits per heavy atom. The number of nitrogens with one attached hydrogen (secondary N) is 1. The van der Waals surface area contributed by atoms with Gasteiger partial charge >= 0.3 is 0 Å². The van der Waals surface area contributed by atoms with Crippen LogP contribution in [0.5, 0.6) is 0 Å². The fourth-order valence-corrected chi connectivity index (χ4v) is 1.77. The lowest BCUT2D eigenvalue weighted by molar-refractivity contribution is -0.130. The van der Waals surface area contributed by atoms with Crippen LogP contribution >= 0.6 is 27.0 Å². The van der Waals surface area contributed by atoms with Gasteiger partial charge in [-0.2, -0.15) is 27.0 Å². The monoisotopic (exact) mass is 325 g/mol. The van der Waals surface area contributed by atoms with E-state index in [9.17, 15) is 14.4 Å². The van der Waals surface area contributed by atoms with E-state index >= 15 is 0 Å². The van der Waals surface area contributed by atoms with E-state index in [0.717, 1.165) is 0 Å². The third kappa shape index (κ3) is 10.1. The minimum atomic E-state index is -0.739. The van der Waals surface area contributed by atoms with Crippen molar-refractivity contribution < 1.29 is 14.4 Å². The molecule has 0 aromatic heterocycles. The highest BCUT2D eigenvalue weighted by Gasteiger charge is 2.25. The van der Waals surface area contributed by atoms with Gasteiger partial charge in [-0.05, 0) is 12.3 Å². The topological polar surface area (TPSA) is 115 Å². The lowest BCUT2D eigenvalue weighted by Crippen LogP contribution is -2.46. The SMILES string of the molecule is CC(=O)N[C@@H](CN)C(=O)C[C@@H](CC(C)C)C(N)=O.S.S. The van der Waals surface area contributed by atoms with Crippen molar-refractivity contribution in [3.05, 3.63) is 0 Å². The molecule has 2 amide bonds. The molecular weight excluding hydrogens is 298 g/mol. The number of carbonyl (C=O) groups is 3. The summed E-state index contributed by atoms with van der Waals surface area (Å²) >= 11 is 0. The molecule has 5 N–H and O–H groups in total. The van der Waals surface area contributed by atoms with E-state index in [1.54, 1.807) is 0 Å². The number of nitrogens with two attached hydrogens (primary N) is 2. The van der Waals surface area contributed by atoms with Crippen molar-refractivity contribution in [3.63, 3.8) is 0 Å². The molecule has 0 radical (unpaired) electrons. The zero-order chi connectivity index (χ0) is 14.3. The molecule has 0 aromatic carbocycles. The molecule has 0 saturated heterocycles. The molecular formula is C12H27N3O3S2. The maximum absolute atomic E-state index is 11.9. The van der Waals surface area contributed by atoms with E-state index in [0.29, 0.717) is 6.42 Å². The van der Waals surface area contributed by atoms with Crippen LogP contribution in [-0.2, 0) is 14.4 Å². The second kappa shape index (κ2) is 12.0. The number of rotatable bonds is 8. The van der Waals surface area contributed by atoms with E-state index < -0.39 is 17.9 Å². The summed E-state index contributed by atoms with van der Waals surface area (Å²) in [5, 5.41) is 2.46. The third-order valence-electron chi connectivity index (χ3n) is 2.61. The van der Waals surface area contributed by atoms with E-state index in [-0.39, 0.29) is 57.6 Å².